The summed E-state index contributed by atoms with van der Waals surface area (Å²) >= 11 is 6.02. The summed E-state index contributed by atoms with van der Waals surface area (Å²) < 4.78 is 15.6. The highest BCUT2D eigenvalue weighted by Crippen LogP contribution is 2.28. The van der Waals surface area contributed by atoms with E-state index in [0.29, 0.717) is 30.6 Å². The molecule has 0 radical (unpaired) electrons. The molecule has 0 spiro atoms. The molecule has 0 fully saturated rings. The zero-order chi connectivity index (χ0) is 14.1. The van der Waals surface area contributed by atoms with Crippen molar-refractivity contribution in [2.45, 2.75) is 12.5 Å². The molecule has 0 saturated carbocycles. The Bertz CT molecular complexity index is 374. The van der Waals surface area contributed by atoms with Crippen molar-refractivity contribution < 1.29 is 14.2 Å². The number of hydrogen-bond acceptors (Lipinski definition) is 4. The number of methoxy groups -OCH3 is 2. The fourth-order valence-corrected chi connectivity index (χ4v) is 2.01. The summed E-state index contributed by atoms with van der Waals surface area (Å²) in [7, 11) is 5.22. The number of benzene rings is 1. The fraction of sp³-hybridized carbons (Fsp3) is 0.571. The van der Waals surface area contributed by atoms with Crippen LogP contribution in [0, 0.1) is 0 Å². The lowest BCUT2D eigenvalue weighted by atomic mass is 10.0. The van der Waals surface area contributed by atoms with Gasteiger partial charge >= 0.3 is 0 Å². The van der Waals surface area contributed by atoms with E-state index in [1.54, 1.807) is 14.2 Å². The Kier molecular flexibility index (Phi) is 7.82. The van der Waals surface area contributed by atoms with Gasteiger partial charge in [0.2, 0.25) is 0 Å². The number of hydrogen-bond donors (Lipinski definition) is 1. The summed E-state index contributed by atoms with van der Waals surface area (Å²) in [5, 5.41) is 3.89. The van der Waals surface area contributed by atoms with Crippen molar-refractivity contribution in [1.29, 1.82) is 0 Å². The molecule has 0 aliphatic rings. The van der Waals surface area contributed by atoms with Crippen LogP contribution in [0.25, 0.3) is 0 Å². The highest BCUT2D eigenvalue weighted by molar-refractivity contribution is 6.32. The Balaban J connectivity index is 2.54. The lowest BCUT2D eigenvalue weighted by Crippen LogP contribution is -2.19. The number of rotatable bonds is 9. The lowest BCUT2D eigenvalue weighted by molar-refractivity contribution is 0.0660. The first kappa shape index (κ1) is 16.2. The topological polar surface area (TPSA) is 39.7 Å². The normalized spacial score (nSPS) is 12.4. The Morgan fingerprint density at radius 1 is 1.21 bits per heavy atom. The predicted molar refractivity (Wildman–Crippen MR) is 77.1 cm³/mol. The maximum absolute atomic E-state index is 6.02. The molecule has 0 bridgehead atoms. The van der Waals surface area contributed by atoms with Crippen LogP contribution < -0.4 is 10.1 Å². The third-order valence-electron chi connectivity index (χ3n) is 2.91. The molecule has 0 amide bonds. The first-order valence-corrected chi connectivity index (χ1v) is 6.68. The van der Waals surface area contributed by atoms with Gasteiger partial charge in [-0.3, -0.25) is 0 Å². The van der Waals surface area contributed by atoms with Crippen molar-refractivity contribution in [3.8, 4) is 5.75 Å². The molecule has 0 heterocycles. The van der Waals surface area contributed by atoms with Crippen molar-refractivity contribution in [2.24, 2.45) is 0 Å². The zero-order valence-corrected chi connectivity index (χ0v) is 12.5. The average molecular weight is 288 g/mol. The van der Waals surface area contributed by atoms with Crippen molar-refractivity contribution in [3.63, 3.8) is 0 Å². The van der Waals surface area contributed by atoms with E-state index in [1.807, 2.05) is 25.2 Å². The fourth-order valence-electron chi connectivity index (χ4n) is 1.82. The molecule has 0 aromatic heterocycles. The number of ether oxygens (including phenoxy) is 3. The molecule has 1 atom stereocenters. The van der Waals surface area contributed by atoms with Gasteiger partial charge in [-0.2, -0.15) is 0 Å². The summed E-state index contributed by atoms with van der Waals surface area (Å²) in [4.78, 5) is 0. The van der Waals surface area contributed by atoms with Gasteiger partial charge in [0.15, 0.2) is 0 Å². The van der Waals surface area contributed by atoms with Crippen LogP contribution in [-0.4, -0.2) is 41.1 Å². The molecule has 0 saturated heterocycles. The predicted octanol–water partition coefficient (Wildman–Crippen LogP) is 2.66. The summed E-state index contributed by atoms with van der Waals surface area (Å²) in [5.41, 5.74) is 1.14. The van der Waals surface area contributed by atoms with E-state index in [4.69, 9.17) is 25.8 Å². The number of nitrogens with one attached hydrogen (secondary N) is 1. The minimum atomic E-state index is 0.216. The monoisotopic (exact) mass is 287 g/mol. The van der Waals surface area contributed by atoms with Gasteiger partial charge in [0, 0.05) is 19.8 Å². The van der Waals surface area contributed by atoms with E-state index < -0.39 is 0 Å². The van der Waals surface area contributed by atoms with Gasteiger partial charge in [-0.25, -0.2) is 0 Å². The van der Waals surface area contributed by atoms with Crippen LogP contribution in [0.1, 0.15) is 18.0 Å². The standard InChI is InChI=1S/C14H22ClNO3/c1-16-13(6-7-19-9-8-17-2)11-4-5-12(15)14(10-11)18-3/h4-5,10,13,16H,6-9H2,1-3H3. The molecule has 1 rings (SSSR count). The summed E-state index contributed by atoms with van der Waals surface area (Å²) in [6.45, 7) is 1.93. The smallest absolute Gasteiger partial charge is 0.137 e. The summed E-state index contributed by atoms with van der Waals surface area (Å²) in [5.74, 6) is 0.694. The minimum absolute atomic E-state index is 0.216. The van der Waals surface area contributed by atoms with Gasteiger partial charge in [-0.05, 0) is 31.2 Å². The molecule has 5 heteroatoms. The first-order chi connectivity index (χ1) is 9.22. The molecule has 0 aliphatic heterocycles. The van der Waals surface area contributed by atoms with Crippen LogP contribution in [0.15, 0.2) is 18.2 Å². The van der Waals surface area contributed by atoms with Crippen LogP contribution in [0.4, 0.5) is 0 Å². The molecule has 108 valence electrons. The Hall–Kier alpha value is -0.810. The Labute approximate surface area is 120 Å². The molecule has 19 heavy (non-hydrogen) atoms. The third kappa shape index (κ3) is 5.37. The quantitative estimate of drug-likeness (QED) is 0.709. The van der Waals surface area contributed by atoms with E-state index in [2.05, 4.69) is 5.32 Å². The molecule has 1 unspecified atom stereocenters. The van der Waals surface area contributed by atoms with Gasteiger partial charge in [0.05, 0.1) is 25.3 Å². The molecule has 4 nitrogen and oxygen atoms in total. The van der Waals surface area contributed by atoms with E-state index in [0.717, 1.165) is 12.0 Å². The second kappa shape index (κ2) is 9.15. The van der Waals surface area contributed by atoms with E-state index >= 15 is 0 Å². The highest BCUT2D eigenvalue weighted by Gasteiger charge is 2.11. The van der Waals surface area contributed by atoms with Crippen LogP contribution in [0.5, 0.6) is 5.75 Å². The van der Waals surface area contributed by atoms with Gasteiger partial charge in [-0.15, -0.1) is 0 Å². The minimum Gasteiger partial charge on any atom is -0.495 e. The van der Waals surface area contributed by atoms with Gasteiger partial charge in [-0.1, -0.05) is 17.7 Å². The highest BCUT2D eigenvalue weighted by atomic mass is 35.5. The van der Waals surface area contributed by atoms with Crippen LogP contribution in [0.3, 0.4) is 0 Å². The second-order valence-corrected chi connectivity index (χ2v) is 4.54. The van der Waals surface area contributed by atoms with Crippen LogP contribution in [0.2, 0.25) is 5.02 Å². The average Bonchev–Trinajstić information content (AvgIpc) is 2.44. The molecule has 1 aromatic carbocycles. The van der Waals surface area contributed by atoms with Crippen molar-refractivity contribution >= 4 is 11.6 Å². The summed E-state index contributed by atoms with van der Waals surface area (Å²) in [6.07, 6.45) is 0.880. The summed E-state index contributed by atoms with van der Waals surface area (Å²) in [6, 6.07) is 6.03. The molecular formula is C14H22ClNO3. The largest absolute Gasteiger partial charge is 0.495 e. The van der Waals surface area contributed by atoms with Crippen molar-refractivity contribution in [2.75, 3.05) is 41.1 Å². The van der Waals surface area contributed by atoms with Crippen molar-refractivity contribution in [3.05, 3.63) is 28.8 Å². The van der Waals surface area contributed by atoms with Crippen molar-refractivity contribution in [1.82, 2.24) is 5.32 Å². The van der Waals surface area contributed by atoms with Crippen LogP contribution in [-0.2, 0) is 9.47 Å². The maximum atomic E-state index is 6.02. The number of halogens is 1. The Morgan fingerprint density at radius 2 is 2.00 bits per heavy atom. The van der Waals surface area contributed by atoms with Crippen LogP contribution >= 0.6 is 11.6 Å². The van der Waals surface area contributed by atoms with E-state index in [1.165, 1.54) is 0 Å². The molecule has 0 aliphatic carbocycles. The zero-order valence-electron chi connectivity index (χ0n) is 11.7. The second-order valence-electron chi connectivity index (χ2n) is 4.13. The Morgan fingerprint density at radius 3 is 2.63 bits per heavy atom. The molecule has 1 N–H and O–H groups in total. The van der Waals surface area contributed by atoms with Gasteiger partial charge < -0.3 is 19.5 Å². The maximum Gasteiger partial charge on any atom is 0.137 e. The van der Waals surface area contributed by atoms with Gasteiger partial charge in [0.1, 0.15) is 5.75 Å². The van der Waals surface area contributed by atoms with E-state index in [-0.39, 0.29) is 6.04 Å². The van der Waals surface area contributed by atoms with E-state index in [9.17, 15) is 0 Å². The SMILES string of the molecule is CNC(CCOCCOC)c1ccc(Cl)c(OC)c1. The lowest BCUT2D eigenvalue weighted by Gasteiger charge is -2.18. The van der Waals surface area contributed by atoms with Gasteiger partial charge in [0.25, 0.3) is 0 Å². The first-order valence-electron chi connectivity index (χ1n) is 6.30. The third-order valence-corrected chi connectivity index (χ3v) is 3.22. The molecular weight excluding hydrogens is 266 g/mol. The molecule has 1 aromatic rings.